The van der Waals surface area contributed by atoms with Crippen molar-refractivity contribution in [2.24, 2.45) is 0 Å². The molecule has 1 N–H and O–H groups in total. The molecule has 0 aliphatic heterocycles. The van der Waals surface area contributed by atoms with E-state index in [0.29, 0.717) is 5.69 Å². The van der Waals surface area contributed by atoms with Crippen molar-refractivity contribution in [3.8, 4) is 22.6 Å². The fourth-order valence-electron chi connectivity index (χ4n) is 3.04. The van der Waals surface area contributed by atoms with Gasteiger partial charge in [-0.1, -0.05) is 0 Å². The summed E-state index contributed by atoms with van der Waals surface area (Å²) in [5, 5.41) is 12.6. The number of ether oxygens (including phenoxy) is 2. The molecule has 27 heavy (non-hydrogen) atoms. The molecule has 138 valence electrons. The SMILES string of the molecule is COc1ccc(OC)c(-c2cccc3c([AsH2])c(C(=O)NC4CC4)nnc23)c1. The van der Waals surface area contributed by atoms with Crippen molar-refractivity contribution >= 4 is 38.0 Å². The van der Waals surface area contributed by atoms with Gasteiger partial charge in [-0.05, 0) is 0 Å². The predicted octanol–water partition coefficient (Wildman–Crippen LogP) is 1.46. The average Bonchev–Trinajstić information content (AvgIpc) is 3.51. The Hall–Kier alpha value is -2.59. The zero-order valence-corrected chi connectivity index (χ0v) is 17.6. The van der Waals surface area contributed by atoms with Crippen LogP contribution in [-0.2, 0) is 0 Å². The van der Waals surface area contributed by atoms with Crippen LogP contribution in [0.15, 0.2) is 36.4 Å². The summed E-state index contributed by atoms with van der Waals surface area (Å²) < 4.78 is 11.8. The van der Waals surface area contributed by atoms with Crippen molar-refractivity contribution in [1.29, 1.82) is 0 Å². The van der Waals surface area contributed by atoms with Crippen molar-refractivity contribution in [2.75, 3.05) is 14.2 Å². The molecule has 0 saturated heterocycles. The summed E-state index contributed by atoms with van der Waals surface area (Å²) in [6.07, 6.45) is 2.08. The number of fused-ring (bicyclic) bond motifs is 1. The van der Waals surface area contributed by atoms with Crippen LogP contribution >= 0.6 is 0 Å². The molecule has 3 aromatic rings. The number of nitrogens with zero attached hydrogens (tertiary/aromatic N) is 2. The van der Waals surface area contributed by atoms with Crippen LogP contribution in [-0.4, -0.2) is 53.2 Å². The van der Waals surface area contributed by atoms with Gasteiger partial charge in [0.15, 0.2) is 0 Å². The van der Waals surface area contributed by atoms with Gasteiger partial charge in [0.05, 0.1) is 0 Å². The third kappa shape index (κ3) is 3.37. The molecule has 7 heteroatoms. The molecular formula is C20H20AsN3O3. The van der Waals surface area contributed by atoms with Crippen LogP contribution in [0.1, 0.15) is 23.3 Å². The van der Waals surface area contributed by atoms with Crippen LogP contribution in [0.4, 0.5) is 0 Å². The fourth-order valence-corrected chi connectivity index (χ4v) is 3.93. The van der Waals surface area contributed by atoms with E-state index >= 15 is 0 Å². The molecule has 4 rings (SSSR count). The van der Waals surface area contributed by atoms with Gasteiger partial charge in [0, 0.05) is 0 Å². The molecule has 1 unspecified atom stereocenters. The summed E-state index contributed by atoms with van der Waals surface area (Å²) in [5.41, 5.74) is 2.91. The molecule has 1 heterocycles. The second-order valence-electron chi connectivity index (χ2n) is 6.48. The molecule has 1 amide bonds. The van der Waals surface area contributed by atoms with Crippen LogP contribution in [0.5, 0.6) is 11.5 Å². The fraction of sp³-hybridized carbons (Fsp3) is 0.250. The van der Waals surface area contributed by atoms with Gasteiger partial charge in [-0.2, -0.15) is 0 Å². The van der Waals surface area contributed by atoms with E-state index < -0.39 is 0 Å². The van der Waals surface area contributed by atoms with Gasteiger partial charge in [0.1, 0.15) is 0 Å². The molecule has 0 spiro atoms. The second kappa shape index (κ2) is 7.20. The van der Waals surface area contributed by atoms with Gasteiger partial charge >= 0.3 is 166 Å². The number of hydrogen-bond acceptors (Lipinski definition) is 5. The van der Waals surface area contributed by atoms with E-state index in [9.17, 15) is 4.79 Å². The summed E-state index contributed by atoms with van der Waals surface area (Å²) >= 11 is 1.36. The topological polar surface area (TPSA) is 73.3 Å². The first kappa shape index (κ1) is 17.8. The molecule has 1 aromatic heterocycles. The van der Waals surface area contributed by atoms with Crippen LogP contribution < -0.4 is 19.1 Å². The van der Waals surface area contributed by atoms with Gasteiger partial charge < -0.3 is 0 Å². The molecule has 6 nitrogen and oxygen atoms in total. The molecule has 1 saturated carbocycles. The maximum atomic E-state index is 12.5. The number of carbonyl (C=O) groups excluding carboxylic acids is 1. The van der Waals surface area contributed by atoms with Crippen molar-refractivity contribution in [3.63, 3.8) is 0 Å². The summed E-state index contributed by atoms with van der Waals surface area (Å²) in [5.74, 6) is 1.32. The predicted molar refractivity (Wildman–Crippen MR) is 107 cm³/mol. The molecular weight excluding hydrogens is 405 g/mol. The number of nitrogens with one attached hydrogen (secondary N) is 1. The van der Waals surface area contributed by atoms with Crippen molar-refractivity contribution in [2.45, 2.75) is 18.9 Å². The first-order valence-electron chi connectivity index (χ1n) is 8.70. The zero-order valence-electron chi connectivity index (χ0n) is 15.2. The van der Waals surface area contributed by atoms with Gasteiger partial charge in [-0.3, -0.25) is 0 Å². The van der Waals surface area contributed by atoms with Gasteiger partial charge in [0.2, 0.25) is 0 Å². The number of amides is 1. The Kier molecular flexibility index (Phi) is 4.75. The first-order valence-corrected chi connectivity index (χ1v) is 9.91. The number of aromatic nitrogens is 2. The molecule has 1 atom stereocenters. The second-order valence-corrected chi connectivity index (χ2v) is 7.69. The molecule has 2 aromatic carbocycles. The Balaban J connectivity index is 1.86. The minimum atomic E-state index is -0.143. The maximum absolute atomic E-state index is 12.5. The third-order valence-corrected chi connectivity index (χ3v) is 5.88. The number of rotatable bonds is 5. The normalized spacial score (nSPS) is 13.4. The molecule has 1 aliphatic rings. The molecule has 1 fully saturated rings. The summed E-state index contributed by atoms with van der Waals surface area (Å²) in [4.78, 5) is 12.5. The number of methoxy groups -OCH3 is 2. The van der Waals surface area contributed by atoms with Crippen LogP contribution in [0.25, 0.3) is 22.0 Å². The molecule has 0 bridgehead atoms. The summed E-state index contributed by atoms with van der Waals surface area (Å²) in [6, 6.07) is 11.8. The number of benzene rings is 2. The first-order chi connectivity index (χ1) is 13.1. The molecule has 1 aliphatic carbocycles. The summed E-state index contributed by atoms with van der Waals surface area (Å²) in [7, 11) is 3.27. The number of hydrogen-bond donors (Lipinski definition) is 1. The van der Waals surface area contributed by atoms with Crippen molar-refractivity contribution in [1.82, 2.24) is 15.5 Å². The molecule has 0 radical (unpaired) electrons. The standard InChI is InChI=1S/C20H20AsN3O3/c1-26-12-8-9-16(27-2)15(10-12)13-4-3-5-14-17(21)19(24-23-18(13)14)20(25)22-11-6-7-11/h3-5,8-11H,6-7,21H2,1-2H3,(H,22,25). The summed E-state index contributed by atoms with van der Waals surface area (Å²) in [6.45, 7) is 0. The van der Waals surface area contributed by atoms with E-state index in [4.69, 9.17) is 9.47 Å². The van der Waals surface area contributed by atoms with E-state index in [1.807, 2.05) is 36.4 Å². The van der Waals surface area contributed by atoms with Crippen LogP contribution in [0.3, 0.4) is 0 Å². The van der Waals surface area contributed by atoms with E-state index in [0.717, 1.165) is 50.7 Å². The Morgan fingerprint density at radius 3 is 2.63 bits per heavy atom. The Bertz CT molecular complexity index is 1030. The van der Waals surface area contributed by atoms with Crippen molar-refractivity contribution < 1.29 is 14.3 Å². The van der Waals surface area contributed by atoms with E-state index in [2.05, 4.69) is 15.5 Å². The Labute approximate surface area is 165 Å². The van der Waals surface area contributed by atoms with Crippen molar-refractivity contribution in [3.05, 3.63) is 42.1 Å². The zero-order chi connectivity index (χ0) is 19.0. The minimum absolute atomic E-state index is 0.143. The van der Waals surface area contributed by atoms with Crippen LogP contribution in [0, 0.1) is 0 Å². The van der Waals surface area contributed by atoms with Gasteiger partial charge in [-0.25, -0.2) is 0 Å². The van der Waals surface area contributed by atoms with E-state index in [-0.39, 0.29) is 11.9 Å². The van der Waals surface area contributed by atoms with Crippen LogP contribution in [0.2, 0.25) is 0 Å². The van der Waals surface area contributed by atoms with Gasteiger partial charge in [-0.15, -0.1) is 0 Å². The Morgan fingerprint density at radius 2 is 1.93 bits per heavy atom. The Morgan fingerprint density at radius 1 is 1.11 bits per heavy atom. The quantitative estimate of drug-likeness (QED) is 0.627. The van der Waals surface area contributed by atoms with Gasteiger partial charge in [0.25, 0.3) is 0 Å². The average molecular weight is 425 g/mol. The number of carbonyl (C=O) groups is 1. The third-order valence-electron chi connectivity index (χ3n) is 4.66. The van der Waals surface area contributed by atoms with E-state index in [1.165, 1.54) is 16.9 Å². The van der Waals surface area contributed by atoms with E-state index in [1.54, 1.807) is 14.2 Å². The monoisotopic (exact) mass is 425 g/mol.